The number of nitriles is 2. The third-order valence-electron chi connectivity index (χ3n) is 16.0. The Balaban J connectivity index is 0.931. The molecule has 0 aromatic heterocycles. The zero-order chi connectivity index (χ0) is 56.7. The minimum absolute atomic E-state index is 0.577. The summed E-state index contributed by atoms with van der Waals surface area (Å²) in [6, 6.07) is 109. The number of rotatable bonds is 12. The summed E-state index contributed by atoms with van der Waals surface area (Å²) >= 11 is 1.56. The molecule has 84 heavy (non-hydrogen) atoms. The summed E-state index contributed by atoms with van der Waals surface area (Å²) in [6.07, 6.45) is 0. The molecule has 0 aliphatic heterocycles. The van der Waals surface area contributed by atoms with Crippen molar-refractivity contribution >= 4 is 124 Å². The van der Waals surface area contributed by atoms with Crippen LogP contribution in [0.3, 0.4) is 0 Å². The van der Waals surface area contributed by atoms with Gasteiger partial charge in [0, 0.05) is 0 Å². The van der Waals surface area contributed by atoms with Gasteiger partial charge >= 0.3 is 453 Å². The molecule has 0 aliphatic carbocycles. The molecule has 0 heterocycles. The Kier molecular flexibility index (Phi) is 14.2. The van der Waals surface area contributed by atoms with E-state index in [-0.39, 0.29) is 0 Å². The van der Waals surface area contributed by atoms with Gasteiger partial charge in [-0.2, -0.15) is 0 Å². The number of para-hydroxylation sites is 2. The summed E-state index contributed by atoms with van der Waals surface area (Å²) in [5, 5.41) is 28.6. The summed E-state index contributed by atoms with van der Waals surface area (Å²) in [5.41, 5.74) is 20.5. The normalized spacial score (nSPS) is 11.2. The quantitative estimate of drug-likeness (QED) is 0.0904. The van der Waals surface area contributed by atoms with Gasteiger partial charge in [0.05, 0.1) is 0 Å². The summed E-state index contributed by atoms with van der Waals surface area (Å²) in [5.74, 6) is 0. The standard InChI is InChI=1S/C78H48N4.2Pb/c79-51-67-43-59-36-42-74-76-60(44-68(52-80)78(74)82(70-29-17-6-18-30-70)72-39-33-58(34-40-72)66-49-63(55-23-11-3-12-24-55)46-64(50-66)56-25-13-4-14-26-56)35-41-73(75(59)76)77(67)81(69-27-15-5-16-28-69)71-37-31-57(32-38-71)65-47-61(53-19-7-1-8-20-53)45-62(48-65)54-21-9-2-10-22-54;;/h1-27,29,31-50H;;. The fourth-order valence-corrected chi connectivity index (χ4v) is 14.3. The van der Waals surface area contributed by atoms with Crippen LogP contribution in [0.4, 0.5) is 34.1 Å². The molecule has 4 nitrogen and oxygen atoms in total. The van der Waals surface area contributed by atoms with Crippen molar-refractivity contribution in [1.82, 2.24) is 0 Å². The van der Waals surface area contributed by atoms with Gasteiger partial charge in [0.2, 0.25) is 0 Å². The van der Waals surface area contributed by atoms with Gasteiger partial charge in [-0.15, -0.1) is 0 Å². The average Bonchev–Trinajstić information content (AvgIpc) is 2.20. The van der Waals surface area contributed by atoms with E-state index in [0.29, 0.717) is 11.1 Å². The average molecular weight is 1460 g/mol. The molecule has 14 aromatic rings. The van der Waals surface area contributed by atoms with E-state index in [2.05, 4.69) is 313 Å². The summed E-state index contributed by atoms with van der Waals surface area (Å²) in [4.78, 5) is 4.61. The molecule has 6 heteroatoms. The van der Waals surface area contributed by atoms with Gasteiger partial charge in [0.15, 0.2) is 0 Å². The van der Waals surface area contributed by atoms with Gasteiger partial charge in [-0.05, 0) is 0 Å². The summed E-state index contributed by atoms with van der Waals surface area (Å²) in [6.45, 7) is 0. The molecule has 14 rings (SSSR count). The zero-order valence-corrected chi connectivity index (χ0v) is 53.3. The van der Waals surface area contributed by atoms with Crippen LogP contribution >= 0.6 is 0 Å². The molecule has 0 spiro atoms. The number of hydrogen-bond acceptors (Lipinski definition) is 4. The van der Waals surface area contributed by atoms with Crippen LogP contribution in [-0.4, -0.2) is 51.5 Å². The number of hydrogen-bond donors (Lipinski definition) is 0. The molecule has 6 radical (unpaired) electrons. The van der Waals surface area contributed by atoms with Crippen molar-refractivity contribution in [3.63, 3.8) is 0 Å². The Bertz CT molecular complexity index is 4430. The van der Waals surface area contributed by atoms with E-state index < -0.39 is 0 Å². The molecule has 388 valence electrons. The second kappa shape index (κ2) is 22.7. The molecular weight excluding hydrogens is 1410 g/mol. The maximum absolute atomic E-state index is 11.3. The van der Waals surface area contributed by atoms with Crippen molar-refractivity contribution in [1.29, 1.82) is 10.5 Å². The first-order valence-electron chi connectivity index (χ1n) is 27.9. The van der Waals surface area contributed by atoms with E-state index in [0.717, 1.165) is 185 Å². The van der Waals surface area contributed by atoms with Gasteiger partial charge in [0.25, 0.3) is 0 Å². The Morgan fingerprint density at radius 3 is 0.821 bits per heavy atom. The molecule has 0 fully saturated rings. The number of nitrogens with zero attached hydrogens (tertiary/aromatic N) is 4. The van der Waals surface area contributed by atoms with Crippen molar-refractivity contribution in [2.24, 2.45) is 0 Å². The molecule has 0 saturated heterocycles. The van der Waals surface area contributed by atoms with Crippen LogP contribution in [0.5, 0.6) is 0 Å². The Hall–Kier alpha value is -9.46. The maximum atomic E-state index is 11.3. The molecular formula is C78H48N4Pb2. The Morgan fingerprint density at radius 2 is 0.536 bits per heavy atom. The van der Waals surface area contributed by atoms with E-state index in [1.54, 1.807) is 0 Å². The van der Waals surface area contributed by atoms with Crippen LogP contribution < -0.4 is 16.0 Å². The van der Waals surface area contributed by atoms with Gasteiger partial charge < -0.3 is 0 Å². The molecule has 0 aliphatic rings. The molecule has 0 unspecified atom stereocenters. The second-order valence-electron chi connectivity index (χ2n) is 21.1. The Labute approximate surface area is 521 Å². The molecule has 0 N–H and O–H groups in total. The topological polar surface area (TPSA) is 54.1 Å². The summed E-state index contributed by atoms with van der Waals surface area (Å²) in [7, 11) is 0. The van der Waals surface area contributed by atoms with Crippen molar-refractivity contribution in [3.8, 4) is 78.9 Å². The van der Waals surface area contributed by atoms with Crippen LogP contribution in [-0.2, 0) is 0 Å². The van der Waals surface area contributed by atoms with Gasteiger partial charge in [-0.25, -0.2) is 0 Å². The predicted molar refractivity (Wildman–Crippen MR) is 352 cm³/mol. The first-order chi connectivity index (χ1) is 41.4. The van der Waals surface area contributed by atoms with E-state index in [4.69, 9.17) is 0 Å². The van der Waals surface area contributed by atoms with Gasteiger partial charge in [0.1, 0.15) is 0 Å². The van der Waals surface area contributed by atoms with E-state index in [1.165, 1.54) is 6.25 Å². The molecule has 0 bridgehead atoms. The molecule has 14 aromatic carbocycles. The SMILES string of the molecule is N#Cc1cc2ccc3c(N(c4ccc(-c5cc(-c6ccccc6)cc(-c6ccccc6)c5)cc4)c4cccc[c]4[Pb])c(C#N)cc4ccc(c1N(c1ccc(-c5cc(-c6ccccc6)cc(-c6ccccc6)c5)cc1)c1cccc[c]1[Pb])c2c43. The van der Waals surface area contributed by atoms with E-state index in [1.807, 2.05) is 0 Å². The first-order valence-corrected chi connectivity index (χ1v) is 31.8. The fourth-order valence-electron chi connectivity index (χ4n) is 12.1. The van der Waals surface area contributed by atoms with Gasteiger partial charge in [-0.1, -0.05) is 72.8 Å². The van der Waals surface area contributed by atoms with Crippen LogP contribution in [0.1, 0.15) is 11.1 Å². The van der Waals surface area contributed by atoms with Crippen molar-refractivity contribution < 1.29 is 0 Å². The molecule has 0 amide bonds. The van der Waals surface area contributed by atoms with E-state index >= 15 is 0 Å². The van der Waals surface area contributed by atoms with Crippen LogP contribution in [0, 0.1) is 22.7 Å². The predicted octanol–water partition coefficient (Wildman–Crippen LogP) is 18.9. The fraction of sp³-hybridized carbons (Fsp3) is 0. The first kappa shape index (κ1) is 52.6. The zero-order valence-electron chi connectivity index (χ0n) is 45.5. The van der Waals surface area contributed by atoms with Crippen LogP contribution in [0.25, 0.3) is 99.1 Å². The van der Waals surface area contributed by atoms with Crippen LogP contribution in [0.15, 0.2) is 291 Å². The number of benzene rings is 14. The second-order valence-corrected chi connectivity index (χ2v) is 25.2. The Morgan fingerprint density at radius 1 is 0.262 bits per heavy atom. The monoisotopic (exact) mass is 1460 g/mol. The van der Waals surface area contributed by atoms with Crippen molar-refractivity contribution in [2.75, 3.05) is 9.80 Å². The van der Waals surface area contributed by atoms with Crippen molar-refractivity contribution in [2.45, 2.75) is 0 Å². The molecule has 0 saturated carbocycles. The third-order valence-corrected chi connectivity index (χ3v) is 19.3. The number of anilines is 6. The molecule has 0 atom stereocenters. The summed E-state index contributed by atoms with van der Waals surface area (Å²) < 4.78 is 2.42. The van der Waals surface area contributed by atoms with E-state index in [9.17, 15) is 10.5 Å². The van der Waals surface area contributed by atoms with Crippen LogP contribution in [0.2, 0.25) is 0 Å². The van der Waals surface area contributed by atoms with Crippen molar-refractivity contribution in [3.05, 3.63) is 302 Å². The third kappa shape index (κ3) is 9.81. The van der Waals surface area contributed by atoms with Gasteiger partial charge in [-0.3, -0.25) is 0 Å². The minimum atomic E-state index is 0.577.